The van der Waals surface area contributed by atoms with Crippen molar-refractivity contribution in [1.82, 2.24) is 0 Å². The van der Waals surface area contributed by atoms with Gasteiger partial charge in [0.05, 0.1) is 17.1 Å². The van der Waals surface area contributed by atoms with Crippen molar-refractivity contribution in [2.45, 2.75) is 20.8 Å². The molecule has 0 saturated carbocycles. The fourth-order valence-electron chi connectivity index (χ4n) is 1.97. The van der Waals surface area contributed by atoms with Gasteiger partial charge in [0.25, 0.3) is 5.69 Å². The van der Waals surface area contributed by atoms with E-state index in [1.54, 1.807) is 37.3 Å². The Hall–Kier alpha value is -2.89. The first-order valence-electron chi connectivity index (χ1n) is 7.57. The van der Waals surface area contributed by atoms with Gasteiger partial charge in [-0.25, -0.2) is 4.79 Å². The Labute approximate surface area is 140 Å². The maximum atomic E-state index is 11.8. The molecule has 2 aromatic rings. The average molecular weight is 329 g/mol. The SMILES string of the molecule is Cc1cc([N+](=O)[O-])ccc1Oc1ccc(C(=O)OCC(C)C)cc1. The number of carbonyl (C=O) groups is 1. The van der Waals surface area contributed by atoms with E-state index in [2.05, 4.69) is 0 Å². The zero-order valence-electron chi connectivity index (χ0n) is 13.8. The van der Waals surface area contributed by atoms with Gasteiger partial charge < -0.3 is 9.47 Å². The first kappa shape index (κ1) is 17.5. The molecule has 0 aliphatic rings. The minimum absolute atomic E-state index is 0.0168. The highest BCUT2D eigenvalue weighted by Crippen LogP contribution is 2.28. The Morgan fingerprint density at radius 3 is 2.38 bits per heavy atom. The van der Waals surface area contributed by atoms with Crippen LogP contribution < -0.4 is 4.74 Å². The summed E-state index contributed by atoms with van der Waals surface area (Å²) in [5.41, 5.74) is 1.12. The molecule has 0 heterocycles. The summed E-state index contributed by atoms with van der Waals surface area (Å²) in [7, 11) is 0. The van der Waals surface area contributed by atoms with Crippen molar-refractivity contribution >= 4 is 11.7 Å². The molecule has 0 N–H and O–H groups in total. The van der Waals surface area contributed by atoms with Crippen LogP contribution >= 0.6 is 0 Å². The molecular formula is C18H19NO5. The molecule has 6 nitrogen and oxygen atoms in total. The lowest BCUT2D eigenvalue weighted by Gasteiger charge is -2.10. The molecule has 0 saturated heterocycles. The second-order valence-electron chi connectivity index (χ2n) is 5.83. The highest BCUT2D eigenvalue weighted by molar-refractivity contribution is 5.89. The summed E-state index contributed by atoms with van der Waals surface area (Å²) >= 11 is 0. The molecular weight excluding hydrogens is 310 g/mol. The highest BCUT2D eigenvalue weighted by atomic mass is 16.6. The number of ether oxygens (including phenoxy) is 2. The fraction of sp³-hybridized carbons (Fsp3) is 0.278. The highest BCUT2D eigenvalue weighted by Gasteiger charge is 2.11. The smallest absolute Gasteiger partial charge is 0.338 e. The molecule has 0 aromatic heterocycles. The summed E-state index contributed by atoms with van der Waals surface area (Å²) in [6.07, 6.45) is 0. The maximum Gasteiger partial charge on any atom is 0.338 e. The van der Waals surface area contributed by atoms with Gasteiger partial charge in [-0.05, 0) is 48.7 Å². The maximum absolute atomic E-state index is 11.8. The van der Waals surface area contributed by atoms with Crippen LogP contribution in [0.2, 0.25) is 0 Å². The third kappa shape index (κ3) is 4.55. The summed E-state index contributed by atoms with van der Waals surface area (Å²) in [6.45, 7) is 6.05. The molecule has 0 aliphatic heterocycles. The van der Waals surface area contributed by atoms with Gasteiger partial charge in [-0.3, -0.25) is 10.1 Å². The number of non-ortho nitro benzene ring substituents is 1. The monoisotopic (exact) mass is 329 g/mol. The number of rotatable bonds is 6. The standard InChI is InChI=1S/C18H19NO5/c1-12(2)11-23-18(20)14-4-7-16(8-5-14)24-17-9-6-15(19(21)22)10-13(17)3/h4-10,12H,11H2,1-3H3. The molecule has 0 unspecified atom stereocenters. The molecule has 0 radical (unpaired) electrons. The van der Waals surface area contributed by atoms with Gasteiger partial charge in [0.15, 0.2) is 0 Å². The van der Waals surface area contributed by atoms with Crippen LogP contribution in [0.4, 0.5) is 5.69 Å². The van der Waals surface area contributed by atoms with Crippen LogP contribution in [0.25, 0.3) is 0 Å². The van der Waals surface area contributed by atoms with E-state index in [4.69, 9.17) is 9.47 Å². The van der Waals surface area contributed by atoms with Gasteiger partial charge in [0.2, 0.25) is 0 Å². The number of hydrogen-bond acceptors (Lipinski definition) is 5. The van der Waals surface area contributed by atoms with Crippen LogP contribution in [0.3, 0.4) is 0 Å². The second-order valence-corrected chi connectivity index (χ2v) is 5.83. The molecule has 0 amide bonds. The van der Waals surface area contributed by atoms with Gasteiger partial charge in [0.1, 0.15) is 11.5 Å². The largest absolute Gasteiger partial charge is 0.462 e. The fourth-order valence-corrected chi connectivity index (χ4v) is 1.97. The lowest BCUT2D eigenvalue weighted by Crippen LogP contribution is -2.09. The van der Waals surface area contributed by atoms with E-state index in [1.807, 2.05) is 13.8 Å². The van der Waals surface area contributed by atoms with Crippen molar-refractivity contribution in [3.8, 4) is 11.5 Å². The second kappa shape index (κ2) is 7.59. The predicted octanol–water partition coefficient (Wildman–Crippen LogP) is 4.51. The van der Waals surface area contributed by atoms with Crippen LogP contribution in [-0.2, 0) is 4.74 Å². The zero-order valence-corrected chi connectivity index (χ0v) is 13.8. The van der Waals surface area contributed by atoms with E-state index in [0.717, 1.165) is 0 Å². The average Bonchev–Trinajstić information content (AvgIpc) is 2.55. The molecule has 6 heteroatoms. The summed E-state index contributed by atoms with van der Waals surface area (Å²) in [6, 6.07) is 11.0. The zero-order chi connectivity index (χ0) is 17.7. The van der Waals surface area contributed by atoms with Crippen molar-refractivity contribution in [2.24, 2.45) is 5.92 Å². The number of nitrogens with zero attached hydrogens (tertiary/aromatic N) is 1. The molecule has 0 atom stereocenters. The van der Waals surface area contributed by atoms with E-state index >= 15 is 0 Å². The lowest BCUT2D eigenvalue weighted by molar-refractivity contribution is -0.384. The normalized spacial score (nSPS) is 10.5. The van der Waals surface area contributed by atoms with Crippen molar-refractivity contribution in [2.75, 3.05) is 6.61 Å². The van der Waals surface area contributed by atoms with E-state index in [9.17, 15) is 14.9 Å². The van der Waals surface area contributed by atoms with Crippen LogP contribution in [0.5, 0.6) is 11.5 Å². The molecule has 0 fully saturated rings. The molecule has 24 heavy (non-hydrogen) atoms. The predicted molar refractivity (Wildman–Crippen MR) is 89.5 cm³/mol. The van der Waals surface area contributed by atoms with Gasteiger partial charge in [-0.1, -0.05) is 13.8 Å². The molecule has 2 rings (SSSR count). The van der Waals surface area contributed by atoms with Crippen LogP contribution in [0.15, 0.2) is 42.5 Å². The molecule has 0 aliphatic carbocycles. The first-order valence-corrected chi connectivity index (χ1v) is 7.57. The molecule has 0 spiro atoms. The first-order chi connectivity index (χ1) is 11.4. The molecule has 126 valence electrons. The van der Waals surface area contributed by atoms with E-state index in [1.165, 1.54) is 12.1 Å². The minimum atomic E-state index is -0.450. The van der Waals surface area contributed by atoms with Gasteiger partial charge in [0, 0.05) is 12.1 Å². The van der Waals surface area contributed by atoms with Crippen molar-refractivity contribution in [3.63, 3.8) is 0 Å². The minimum Gasteiger partial charge on any atom is -0.462 e. The van der Waals surface area contributed by atoms with Crippen molar-refractivity contribution in [3.05, 3.63) is 63.7 Å². The Morgan fingerprint density at radius 1 is 1.17 bits per heavy atom. The molecule has 2 aromatic carbocycles. The van der Waals surface area contributed by atoms with Crippen LogP contribution in [0.1, 0.15) is 29.8 Å². The van der Waals surface area contributed by atoms with Crippen LogP contribution in [-0.4, -0.2) is 17.5 Å². The van der Waals surface area contributed by atoms with Crippen molar-refractivity contribution in [1.29, 1.82) is 0 Å². The summed E-state index contributed by atoms with van der Waals surface area (Å²) in [5.74, 6) is 0.964. The van der Waals surface area contributed by atoms with E-state index in [0.29, 0.717) is 29.2 Å². The van der Waals surface area contributed by atoms with E-state index in [-0.39, 0.29) is 17.6 Å². The quantitative estimate of drug-likeness (QED) is 0.442. The van der Waals surface area contributed by atoms with Crippen LogP contribution in [0, 0.1) is 23.0 Å². The number of carbonyl (C=O) groups excluding carboxylic acids is 1. The number of nitro groups is 1. The molecule has 0 bridgehead atoms. The lowest BCUT2D eigenvalue weighted by atomic mass is 10.2. The van der Waals surface area contributed by atoms with Gasteiger partial charge in [-0.2, -0.15) is 0 Å². The van der Waals surface area contributed by atoms with Gasteiger partial charge >= 0.3 is 5.97 Å². The third-order valence-electron chi connectivity index (χ3n) is 3.23. The van der Waals surface area contributed by atoms with Crippen molar-refractivity contribution < 1.29 is 19.2 Å². The van der Waals surface area contributed by atoms with E-state index < -0.39 is 4.92 Å². The Bertz CT molecular complexity index is 738. The number of esters is 1. The topological polar surface area (TPSA) is 78.7 Å². The summed E-state index contributed by atoms with van der Waals surface area (Å²) in [5, 5.41) is 10.7. The number of aryl methyl sites for hydroxylation is 1. The Kier molecular flexibility index (Phi) is 5.52. The number of hydrogen-bond donors (Lipinski definition) is 0. The third-order valence-corrected chi connectivity index (χ3v) is 3.23. The Morgan fingerprint density at radius 2 is 1.83 bits per heavy atom. The number of nitro benzene ring substituents is 1. The summed E-state index contributed by atoms with van der Waals surface area (Å²) in [4.78, 5) is 22.1. The summed E-state index contributed by atoms with van der Waals surface area (Å²) < 4.78 is 10.9. The number of benzene rings is 2. The van der Waals surface area contributed by atoms with Gasteiger partial charge in [-0.15, -0.1) is 0 Å². The Balaban J connectivity index is 2.06.